The van der Waals surface area contributed by atoms with Gasteiger partial charge in [-0.15, -0.1) is 0 Å². The van der Waals surface area contributed by atoms with Crippen LogP contribution < -0.4 is 5.73 Å². The van der Waals surface area contributed by atoms with Crippen molar-refractivity contribution in [3.8, 4) is 0 Å². The Hall–Kier alpha value is -2.33. The van der Waals surface area contributed by atoms with Crippen molar-refractivity contribution in [1.82, 2.24) is 0 Å². The maximum Gasteiger partial charge on any atom is 0.472 e. The molecule has 0 aliphatic rings. The van der Waals surface area contributed by atoms with E-state index in [4.69, 9.17) is 29.4 Å². The second-order valence-electron chi connectivity index (χ2n) is 13.0. The van der Waals surface area contributed by atoms with Crippen molar-refractivity contribution < 1.29 is 42.7 Å². The number of carboxylic acids is 1. The summed E-state index contributed by atoms with van der Waals surface area (Å²) in [6, 6.07) is -1.48. The van der Waals surface area contributed by atoms with Crippen LogP contribution in [0.1, 0.15) is 149 Å². The average molecular weight is 754 g/mol. The van der Waals surface area contributed by atoms with Gasteiger partial charge in [0.05, 0.1) is 19.8 Å². The number of allylic oxidation sites excluding steroid dienone is 10. The molecule has 0 aromatic carbocycles. The maximum atomic E-state index is 12.6. The van der Waals surface area contributed by atoms with Gasteiger partial charge in [-0.05, 0) is 77.0 Å². The van der Waals surface area contributed by atoms with E-state index in [2.05, 4.69) is 74.6 Å². The summed E-state index contributed by atoms with van der Waals surface area (Å²) >= 11 is 0. The number of unbranched alkanes of at least 4 members (excludes halogenated alkanes) is 13. The van der Waals surface area contributed by atoms with Gasteiger partial charge in [0.2, 0.25) is 0 Å². The number of esters is 1. The average Bonchev–Trinajstić information content (AvgIpc) is 3.12. The van der Waals surface area contributed by atoms with E-state index < -0.39 is 45.1 Å². The van der Waals surface area contributed by atoms with Gasteiger partial charge in [-0.2, -0.15) is 0 Å². The number of ether oxygens (including phenoxy) is 2. The van der Waals surface area contributed by atoms with Crippen molar-refractivity contribution in [3.63, 3.8) is 0 Å². The lowest BCUT2D eigenvalue weighted by atomic mass is 10.1. The molecule has 3 unspecified atom stereocenters. The first-order chi connectivity index (χ1) is 25.2. The molecule has 0 aliphatic heterocycles. The monoisotopic (exact) mass is 753 g/mol. The summed E-state index contributed by atoms with van der Waals surface area (Å²) in [6.45, 7) is 3.68. The molecule has 0 rings (SSSR count). The molecule has 0 fully saturated rings. The molecule has 0 radical (unpaired) electrons. The molecule has 0 bridgehead atoms. The Morgan fingerprint density at radius 1 is 0.635 bits per heavy atom. The van der Waals surface area contributed by atoms with Crippen LogP contribution in [0.4, 0.5) is 0 Å². The zero-order chi connectivity index (χ0) is 38.4. The molecular formula is C41H72NO9P. The lowest BCUT2D eigenvalue weighted by Gasteiger charge is -2.20. The van der Waals surface area contributed by atoms with Gasteiger partial charge in [-0.25, -0.2) is 4.57 Å². The minimum absolute atomic E-state index is 0.000160. The Morgan fingerprint density at radius 3 is 1.69 bits per heavy atom. The number of carbonyl (C=O) groups is 2. The number of phosphoric acid groups is 1. The van der Waals surface area contributed by atoms with E-state index in [0.29, 0.717) is 13.0 Å². The van der Waals surface area contributed by atoms with Crippen LogP contribution in [-0.2, 0) is 32.7 Å². The highest BCUT2D eigenvalue weighted by atomic mass is 31.2. The fourth-order valence-electron chi connectivity index (χ4n) is 4.94. The van der Waals surface area contributed by atoms with Crippen LogP contribution in [0.2, 0.25) is 0 Å². The van der Waals surface area contributed by atoms with Gasteiger partial charge in [0, 0.05) is 13.0 Å². The molecule has 0 heterocycles. The molecule has 0 amide bonds. The van der Waals surface area contributed by atoms with E-state index in [1.807, 2.05) is 0 Å². The molecule has 10 nitrogen and oxygen atoms in total. The highest BCUT2D eigenvalue weighted by Crippen LogP contribution is 2.43. The third-order valence-electron chi connectivity index (χ3n) is 8.03. The summed E-state index contributed by atoms with van der Waals surface area (Å²) < 4.78 is 33.2. The number of carboxylic acid groups (broad SMARTS) is 1. The molecule has 0 spiro atoms. The molecule has 0 aliphatic carbocycles. The van der Waals surface area contributed by atoms with E-state index in [9.17, 15) is 19.0 Å². The Balaban J connectivity index is 4.36. The Morgan fingerprint density at radius 2 is 1.12 bits per heavy atom. The lowest BCUT2D eigenvalue weighted by Crippen LogP contribution is -2.34. The van der Waals surface area contributed by atoms with Gasteiger partial charge in [-0.1, -0.05) is 126 Å². The fourth-order valence-corrected chi connectivity index (χ4v) is 5.72. The predicted octanol–water partition coefficient (Wildman–Crippen LogP) is 10.5. The molecule has 3 atom stereocenters. The molecule has 0 saturated heterocycles. The van der Waals surface area contributed by atoms with Crippen LogP contribution in [0.15, 0.2) is 60.8 Å². The topological polar surface area (TPSA) is 155 Å². The quantitative estimate of drug-likeness (QED) is 0.0242. The molecule has 11 heteroatoms. The molecular weight excluding hydrogens is 681 g/mol. The molecule has 52 heavy (non-hydrogen) atoms. The summed E-state index contributed by atoms with van der Waals surface area (Å²) in [5.41, 5.74) is 5.34. The molecule has 300 valence electrons. The van der Waals surface area contributed by atoms with E-state index in [0.717, 1.165) is 77.0 Å². The van der Waals surface area contributed by atoms with Crippen LogP contribution in [0.3, 0.4) is 0 Å². The van der Waals surface area contributed by atoms with E-state index >= 15 is 0 Å². The molecule has 4 N–H and O–H groups in total. The van der Waals surface area contributed by atoms with Crippen molar-refractivity contribution in [2.75, 3.05) is 26.4 Å². The summed E-state index contributed by atoms with van der Waals surface area (Å²) in [6.07, 6.45) is 42.7. The number of hydrogen-bond acceptors (Lipinski definition) is 8. The first-order valence-corrected chi connectivity index (χ1v) is 21.3. The predicted molar refractivity (Wildman–Crippen MR) is 212 cm³/mol. The lowest BCUT2D eigenvalue weighted by molar-refractivity contribution is -0.154. The van der Waals surface area contributed by atoms with Gasteiger partial charge >= 0.3 is 19.8 Å². The van der Waals surface area contributed by atoms with Crippen molar-refractivity contribution >= 4 is 19.8 Å². The highest BCUT2D eigenvalue weighted by Gasteiger charge is 2.27. The second kappa shape index (κ2) is 37.0. The van der Waals surface area contributed by atoms with Crippen LogP contribution in [-0.4, -0.2) is 60.5 Å². The van der Waals surface area contributed by atoms with E-state index in [1.165, 1.54) is 44.9 Å². The van der Waals surface area contributed by atoms with E-state index in [1.54, 1.807) is 0 Å². The smallest absolute Gasteiger partial charge is 0.472 e. The normalized spacial score (nSPS) is 14.7. The standard InChI is InChI=1S/C41H72NO9P/c1-3-5-7-9-11-13-15-17-18-19-20-21-23-25-27-29-31-33-40(43)51-38(36-49-52(46,47)50-37-39(42)41(44)45)35-48-34-32-30-28-26-24-22-16-14-12-10-8-6-4-2/h5,7,11-14,17-18,20-21,38-39H,3-4,6,8-10,15-16,19,22-37,42H2,1-2H3,(H,44,45)(H,46,47)/b7-5-,13-11-,14-12-,18-17-,21-20-. The van der Waals surface area contributed by atoms with Crippen LogP contribution in [0.25, 0.3) is 0 Å². The van der Waals surface area contributed by atoms with Crippen molar-refractivity contribution in [2.45, 2.75) is 161 Å². The van der Waals surface area contributed by atoms with Crippen LogP contribution in [0, 0.1) is 0 Å². The molecule has 0 aromatic heterocycles. The largest absolute Gasteiger partial charge is 0.480 e. The summed E-state index contributed by atoms with van der Waals surface area (Å²) in [4.78, 5) is 33.4. The minimum atomic E-state index is -4.62. The first kappa shape index (κ1) is 49.7. The van der Waals surface area contributed by atoms with Gasteiger partial charge in [0.15, 0.2) is 0 Å². The molecule has 0 saturated carbocycles. The van der Waals surface area contributed by atoms with Gasteiger partial charge < -0.3 is 25.2 Å². The van der Waals surface area contributed by atoms with Crippen molar-refractivity contribution in [2.24, 2.45) is 5.73 Å². The van der Waals surface area contributed by atoms with Gasteiger partial charge in [0.25, 0.3) is 0 Å². The first-order valence-electron chi connectivity index (χ1n) is 19.8. The highest BCUT2D eigenvalue weighted by molar-refractivity contribution is 7.47. The number of phosphoric ester groups is 1. The number of rotatable bonds is 37. The van der Waals surface area contributed by atoms with E-state index in [-0.39, 0.29) is 13.0 Å². The fraction of sp³-hybridized carbons (Fsp3) is 0.707. The Labute approximate surface area is 315 Å². The Kier molecular flexibility index (Phi) is 35.3. The van der Waals surface area contributed by atoms with Crippen LogP contribution >= 0.6 is 7.82 Å². The summed E-state index contributed by atoms with van der Waals surface area (Å²) in [7, 11) is -4.62. The zero-order valence-corrected chi connectivity index (χ0v) is 33.3. The minimum Gasteiger partial charge on any atom is -0.480 e. The maximum absolute atomic E-state index is 12.6. The van der Waals surface area contributed by atoms with Crippen molar-refractivity contribution in [3.05, 3.63) is 60.8 Å². The van der Waals surface area contributed by atoms with Crippen molar-refractivity contribution in [1.29, 1.82) is 0 Å². The third-order valence-corrected chi connectivity index (χ3v) is 8.98. The number of nitrogens with two attached hydrogens (primary N) is 1. The van der Waals surface area contributed by atoms with Gasteiger partial charge in [0.1, 0.15) is 12.1 Å². The van der Waals surface area contributed by atoms with Crippen LogP contribution in [0.5, 0.6) is 0 Å². The summed E-state index contributed by atoms with van der Waals surface area (Å²) in [5.74, 6) is -1.81. The number of hydrogen-bond donors (Lipinski definition) is 3. The zero-order valence-electron chi connectivity index (χ0n) is 32.4. The third kappa shape index (κ3) is 36.0. The van der Waals surface area contributed by atoms with Gasteiger partial charge in [-0.3, -0.25) is 18.6 Å². The molecule has 0 aromatic rings. The number of aliphatic carboxylic acids is 1. The second-order valence-corrected chi connectivity index (χ2v) is 14.5. The number of carbonyl (C=O) groups excluding carboxylic acids is 1. The SMILES string of the molecule is CC/C=C\C/C=C\C/C=C\C/C=C\CCCCCCC(=O)OC(COCCCCCCCC/C=C\CCCCC)COP(=O)(O)OCC(N)C(=O)O. The Bertz CT molecular complexity index is 1060. The summed E-state index contributed by atoms with van der Waals surface area (Å²) in [5, 5.41) is 8.87.